The van der Waals surface area contributed by atoms with Crippen LogP contribution in [0.3, 0.4) is 0 Å². The molecule has 1 saturated heterocycles. The molecule has 1 aromatic rings. The fourth-order valence-corrected chi connectivity index (χ4v) is 2.59. The van der Waals surface area contributed by atoms with Crippen LogP contribution >= 0.6 is 24.2 Å². The molecule has 1 aliphatic rings. The first-order valence-corrected chi connectivity index (χ1v) is 6.68. The molecule has 0 aromatic carbocycles. The van der Waals surface area contributed by atoms with E-state index in [1.165, 1.54) is 6.07 Å². The molecule has 0 bridgehead atoms. The van der Waals surface area contributed by atoms with Gasteiger partial charge in [0.25, 0.3) is 5.56 Å². The Morgan fingerprint density at radius 3 is 3.00 bits per heavy atom. The summed E-state index contributed by atoms with van der Waals surface area (Å²) >= 11 is 1.70. The Morgan fingerprint density at radius 1 is 1.61 bits per heavy atom. The van der Waals surface area contributed by atoms with Gasteiger partial charge in [-0.3, -0.25) is 14.9 Å². The van der Waals surface area contributed by atoms with Gasteiger partial charge in [-0.1, -0.05) is 0 Å². The van der Waals surface area contributed by atoms with Crippen LogP contribution in [0.4, 0.5) is 5.69 Å². The maximum Gasteiger partial charge on any atom is 0.250 e. The molecule has 0 saturated carbocycles. The van der Waals surface area contributed by atoms with E-state index in [4.69, 9.17) is 0 Å². The smallest absolute Gasteiger partial charge is 0.250 e. The number of pyridine rings is 1. The SMILES string of the molecule is CCn1cc(NC(=O)C2CSCN2)ccc1=O.Cl. The third-order valence-corrected chi connectivity index (χ3v) is 3.56. The highest BCUT2D eigenvalue weighted by Gasteiger charge is 2.22. The Balaban J connectivity index is 0.00000162. The Hall–Kier alpha value is -0.980. The first-order chi connectivity index (χ1) is 8.20. The minimum absolute atomic E-state index is 0. The Bertz CT molecular complexity index is 472. The number of anilines is 1. The van der Waals surface area contributed by atoms with Crippen LogP contribution in [-0.4, -0.2) is 28.1 Å². The first-order valence-electron chi connectivity index (χ1n) is 5.53. The van der Waals surface area contributed by atoms with Gasteiger partial charge >= 0.3 is 0 Å². The summed E-state index contributed by atoms with van der Waals surface area (Å²) in [5, 5.41) is 5.91. The zero-order valence-electron chi connectivity index (χ0n) is 10.0. The number of hydrogen-bond donors (Lipinski definition) is 2. The van der Waals surface area contributed by atoms with Gasteiger partial charge in [-0.25, -0.2) is 0 Å². The molecular weight excluding hydrogens is 274 g/mol. The third kappa shape index (κ3) is 3.51. The van der Waals surface area contributed by atoms with Crippen molar-refractivity contribution in [2.75, 3.05) is 16.9 Å². The van der Waals surface area contributed by atoms with E-state index in [0.29, 0.717) is 12.2 Å². The van der Waals surface area contributed by atoms with Crippen LogP contribution in [0.15, 0.2) is 23.1 Å². The van der Waals surface area contributed by atoms with E-state index in [1.54, 1.807) is 28.6 Å². The van der Waals surface area contributed by atoms with E-state index in [0.717, 1.165) is 11.6 Å². The minimum atomic E-state index is -0.137. The van der Waals surface area contributed by atoms with Crippen LogP contribution < -0.4 is 16.2 Å². The number of carbonyl (C=O) groups is 1. The van der Waals surface area contributed by atoms with Gasteiger partial charge in [0.05, 0.1) is 11.7 Å². The molecule has 1 aromatic heterocycles. The van der Waals surface area contributed by atoms with Crippen molar-refractivity contribution in [2.24, 2.45) is 0 Å². The molecular formula is C11H16ClN3O2S. The maximum absolute atomic E-state index is 11.8. The van der Waals surface area contributed by atoms with Crippen molar-refractivity contribution in [3.63, 3.8) is 0 Å². The van der Waals surface area contributed by atoms with Gasteiger partial charge in [0.15, 0.2) is 0 Å². The molecule has 1 atom stereocenters. The number of nitrogens with one attached hydrogen (secondary N) is 2. The van der Waals surface area contributed by atoms with Crippen molar-refractivity contribution < 1.29 is 4.79 Å². The Labute approximate surface area is 116 Å². The molecule has 1 aliphatic heterocycles. The average Bonchev–Trinajstić information content (AvgIpc) is 2.85. The molecule has 1 amide bonds. The molecule has 2 heterocycles. The van der Waals surface area contributed by atoms with E-state index < -0.39 is 0 Å². The second-order valence-corrected chi connectivity index (χ2v) is 4.83. The second-order valence-electron chi connectivity index (χ2n) is 3.80. The topological polar surface area (TPSA) is 63.1 Å². The second kappa shape index (κ2) is 6.82. The fourth-order valence-electron chi connectivity index (χ4n) is 1.65. The van der Waals surface area contributed by atoms with Crippen LogP contribution in [-0.2, 0) is 11.3 Å². The lowest BCUT2D eigenvalue weighted by Gasteiger charge is -2.11. The van der Waals surface area contributed by atoms with Crippen LogP contribution in [0.25, 0.3) is 0 Å². The fraction of sp³-hybridized carbons (Fsp3) is 0.455. The summed E-state index contributed by atoms with van der Waals surface area (Å²) < 4.78 is 1.56. The molecule has 1 fully saturated rings. The largest absolute Gasteiger partial charge is 0.323 e. The van der Waals surface area contributed by atoms with E-state index in [2.05, 4.69) is 10.6 Å². The molecule has 5 nitrogen and oxygen atoms in total. The van der Waals surface area contributed by atoms with Gasteiger partial charge in [0.1, 0.15) is 0 Å². The van der Waals surface area contributed by atoms with Crippen LogP contribution in [0.5, 0.6) is 0 Å². The van der Waals surface area contributed by atoms with E-state index in [1.807, 2.05) is 6.92 Å². The highest BCUT2D eigenvalue weighted by molar-refractivity contribution is 7.99. The summed E-state index contributed by atoms with van der Waals surface area (Å²) in [5.41, 5.74) is 0.607. The molecule has 100 valence electrons. The number of aromatic nitrogens is 1. The monoisotopic (exact) mass is 289 g/mol. The molecule has 0 spiro atoms. The van der Waals surface area contributed by atoms with Gasteiger partial charge in [-0.05, 0) is 13.0 Å². The molecule has 2 N–H and O–H groups in total. The Kier molecular flexibility index (Phi) is 5.71. The van der Waals surface area contributed by atoms with Gasteiger partial charge < -0.3 is 9.88 Å². The predicted octanol–water partition coefficient (Wildman–Crippen LogP) is 0.891. The van der Waals surface area contributed by atoms with Crippen molar-refractivity contribution in [1.82, 2.24) is 9.88 Å². The maximum atomic E-state index is 11.8. The number of thioether (sulfide) groups is 1. The number of aryl methyl sites for hydroxylation is 1. The van der Waals surface area contributed by atoms with E-state index >= 15 is 0 Å². The lowest BCUT2D eigenvalue weighted by molar-refractivity contribution is -0.117. The predicted molar refractivity (Wildman–Crippen MR) is 76.5 cm³/mol. The van der Waals surface area contributed by atoms with Crippen LogP contribution in [0.2, 0.25) is 0 Å². The minimum Gasteiger partial charge on any atom is -0.323 e. The molecule has 7 heteroatoms. The number of nitrogens with zero attached hydrogens (tertiary/aromatic N) is 1. The standard InChI is InChI=1S/C11H15N3O2S.ClH/c1-2-14-5-8(3-4-10(14)15)13-11(16)9-6-17-7-12-9;/h3-5,9,12H,2,6-7H2,1H3,(H,13,16);1H. The zero-order chi connectivity index (χ0) is 12.3. The summed E-state index contributed by atoms with van der Waals surface area (Å²) in [5.74, 6) is 1.56. The molecule has 1 unspecified atom stereocenters. The molecule has 0 radical (unpaired) electrons. The van der Waals surface area contributed by atoms with E-state index in [-0.39, 0.29) is 29.9 Å². The molecule has 18 heavy (non-hydrogen) atoms. The lowest BCUT2D eigenvalue weighted by Crippen LogP contribution is -2.37. The number of halogens is 1. The van der Waals surface area contributed by atoms with E-state index in [9.17, 15) is 9.59 Å². The van der Waals surface area contributed by atoms with Crippen molar-refractivity contribution in [2.45, 2.75) is 19.5 Å². The van der Waals surface area contributed by atoms with Crippen molar-refractivity contribution >= 4 is 35.8 Å². The number of rotatable bonds is 3. The quantitative estimate of drug-likeness (QED) is 0.867. The summed E-state index contributed by atoms with van der Waals surface area (Å²) in [6, 6.07) is 2.96. The summed E-state index contributed by atoms with van der Waals surface area (Å²) in [6.45, 7) is 2.49. The number of carbonyl (C=O) groups excluding carboxylic acids is 1. The molecule has 2 rings (SSSR count). The summed E-state index contributed by atoms with van der Waals surface area (Å²) in [6.07, 6.45) is 1.67. The van der Waals surface area contributed by atoms with Gasteiger partial charge in [-0.2, -0.15) is 0 Å². The highest BCUT2D eigenvalue weighted by Crippen LogP contribution is 2.12. The Morgan fingerprint density at radius 2 is 2.39 bits per heavy atom. The van der Waals surface area contributed by atoms with Crippen molar-refractivity contribution in [1.29, 1.82) is 0 Å². The highest BCUT2D eigenvalue weighted by atomic mass is 35.5. The van der Waals surface area contributed by atoms with Gasteiger partial charge in [0.2, 0.25) is 5.91 Å². The summed E-state index contributed by atoms with van der Waals surface area (Å²) in [4.78, 5) is 23.2. The number of amides is 1. The van der Waals surface area contributed by atoms with Crippen LogP contribution in [0, 0.1) is 0 Å². The van der Waals surface area contributed by atoms with Gasteiger partial charge in [-0.15, -0.1) is 24.2 Å². The van der Waals surface area contributed by atoms with Gasteiger partial charge in [0, 0.05) is 30.4 Å². The molecule has 0 aliphatic carbocycles. The average molecular weight is 290 g/mol. The lowest BCUT2D eigenvalue weighted by atomic mass is 10.3. The van der Waals surface area contributed by atoms with Crippen molar-refractivity contribution in [3.8, 4) is 0 Å². The van der Waals surface area contributed by atoms with Crippen molar-refractivity contribution in [3.05, 3.63) is 28.7 Å². The first kappa shape index (κ1) is 15.1. The zero-order valence-corrected chi connectivity index (χ0v) is 11.6. The third-order valence-electron chi connectivity index (χ3n) is 2.62. The normalized spacial score (nSPS) is 18.2. The summed E-state index contributed by atoms with van der Waals surface area (Å²) in [7, 11) is 0. The van der Waals surface area contributed by atoms with Crippen LogP contribution in [0.1, 0.15) is 6.92 Å². The number of hydrogen-bond acceptors (Lipinski definition) is 4.